The molecular weight excluding hydrogens is 392 g/mol. The Hall–Kier alpha value is -3.74. The zero-order valence-corrected chi connectivity index (χ0v) is 15.9. The molecule has 3 aromatic carbocycles. The zero-order valence-electron chi connectivity index (χ0n) is 15.9. The first-order chi connectivity index (χ1) is 14.5. The predicted molar refractivity (Wildman–Crippen MR) is 106 cm³/mol. The van der Waals surface area contributed by atoms with E-state index in [0.717, 1.165) is 11.1 Å². The number of halogens is 2. The summed E-state index contributed by atoms with van der Waals surface area (Å²) in [7, 11) is 0. The highest BCUT2D eigenvalue weighted by Crippen LogP contribution is 2.16. The van der Waals surface area contributed by atoms with Gasteiger partial charge in [0.25, 0.3) is 5.91 Å². The second kappa shape index (κ2) is 10.2. The molecule has 0 saturated heterocycles. The minimum atomic E-state index is -0.667. The molecule has 3 rings (SSSR count). The largest absolute Gasteiger partial charge is 0.489 e. The van der Waals surface area contributed by atoms with Gasteiger partial charge >= 0.3 is 5.97 Å². The van der Waals surface area contributed by atoms with Crippen molar-refractivity contribution in [3.63, 3.8) is 0 Å². The van der Waals surface area contributed by atoms with Gasteiger partial charge in [0.1, 0.15) is 24.0 Å². The normalized spacial score (nSPS) is 10.3. The highest BCUT2D eigenvalue weighted by Gasteiger charge is 2.11. The van der Waals surface area contributed by atoms with Gasteiger partial charge in [-0.2, -0.15) is 0 Å². The van der Waals surface area contributed by atoms with E-state index in [1.165, 1.54) is 30.3 Å². The lowest BCUT2D eigenvalue weighted by atomic mass is 10.2. The summed E-state index contributed by atoms with van der Waals surface area (Å²) in [4.78, 5) is 24.0. The maximum Gasteiger partial charge on any atom is 0.338 e. The average molecular weight is 411 g/mol. The maximum absolute atomic E-state index is 12.9. The van der Waals surface area contributed by atoms with Crippen LogP contribution in [0.25, 0.3) is 0 Å². The standard InChI is InChI=1S/C23H19F2NO4/c24-19-8-4-16(5-9-19)13-26-22(27)15-30-23(28)18-2-1-3-21(12-18)29-14-17-6-10-20(25)11-7-17/h1-12H,13-15H2,(H,26,27). The SMILES string of the molecule is O=C(COC(=O)c1cccc(OCc2ccc(F)cc2)c1)NCc1ccc(F)cc1. The lowest BCUT2D eigenvalue weighted by Crippen LogP contribution is -2.28. The number of rotatable bonds is 8. The molecule has 0 bridgehead atoms. The summed E-state index contributed by atoms with van der Waals surface area (Å²) in [5.74, 6) is -1.39. The number of hydrogen-bond acceptors (Lipinski definition) is 4. The van der Waals surface area contributed by atoms with Crippen LogP contribution in [-0.2, 0) is 22.7 Å². The van der Waals surface area contributed by atoms with E-state index in [9.17, 15) is 18.4 Å². The number of esters is 1. The molecule has 0 unspecified atom stereocenters. The molecular formula is C23H19F2NO4. The fourth-order valence-corrected chi connectivity index (χ4v) is 2.53. The second-order valence-electron chi connectivity index (χ2n) is 6.42. The molecule has 0 atom stereocenters. The van der Waals surface area contributed by atoms with Gasteiger partial charge in [-0.1, -0.05) is 30.3 Å². The van der Waals surface area contributed by atoms with Crippen LogP contribution in [0.2, 0.25) is 0 Å². The minimum absolute atomic E-state index is 0.198. The lowest BCUT2D eigenvalue weighted by Gasteiger charge is -2.09. The molecule has 0 aliphatic rings. The smallest absolute Gasteiger partial charge is 0.338 e. The minimum Gasteiger partial charge on any atom is -0.489 e. The molecule has 0 fully saturated rings. The van der Waals surface area contributed by atoms with E-state index in [-0.39, 0.29) is 30.3 Å². The topological polar surface area (TPSA) is 64.6 Å². The first-order valence-electron chi connectivity index (χ1n) is 9.15. The van der Waals surface area contributed by atoms with Gasteiger partial charge < -0.3 is 14.8 Å². The number of benzene rings is 3. The summed E-state index contributed by atoms with van der Waals surface area (Å²) in [6.07, 6.45) is 0. The molecule has 7 heteroatoms. The van der Waals surface area contributed by atoms with Gasteiger partial charge in [0.2, 0.25) is 0 Å². The fourth-order valence-electron chi connectivity index (χ4n) is 2.53. The van der Waals surface area contributed by atoms with E-state index in [0.29, 0.717) is 5.75 Å². The van der Waals surface area contributed by atoms with Gasteiger partial charge in [-0.05, 0) is 53.6 Å². The summed E-state index contributed by atoms with van der Waals surface area (Å²) in [6.45, 7) is -0.0331. The molecule has 0 spiro atoms. The monoisotopic (exact) mass is 411 g/mol. The number of hydrogen-bond donors (Lipinski definition) is 1. The Labute approximate surface area is 172 Å². The maximum atomic E-state index is 12.9. The van der Waals surface area contributed by atoms with Crippen molar-refractivity contribution in [1.82, 2.24) is 5.32 Å². The van der Waals surface area contributed by atoms with E-state index < -0.39 is 18.5 Å². The zero-order chi connectivity index (χ0) is 21.3. The van der Waals surface area contributed by atoms with Crippen molar-refractivity contribution in [1.29, 1.82) is 0 Å². The van der Waals surface area contributed by atoms with Gasteiger partial charge in [-0.25, -0.2) is 13.6 Å². The molecule has 0 saturated carbocycles. The summed E-state index contributed by atoms with van der Waals surface area (Å²) in [6, 6.07) is 18.0. The number of ether oxygens (including phenoxy) is 2. The van der Waals surface area contributed by atoms with Crippen LogP contribution in [0.3, 0.4) is 0 Å². The fraction of sp³-hybridized carbons (Fsp3) is 0.130. The Morgan fingerprint density at radius 2 is 1.47 bits per heavy atom. The first-order valence-corrected chi connectivity index (χ1v) is 9.15. The molecule has 30 heavy (non-hydrogen) atoms. The Balaban J connectivity index is 1.46. The third-order valence-corrected chi connectivity index (χ3v) is 4.13. The molecule has 0 aliphatic heterocycles. The summed E-state index contributed by atoms with van der Waals surface area (Å²) < 4.78 is 36.4. The van der Waals surface area contributed by atoms with Crippen LogP contribution in [0.4, 0.5) is 8.78 Å². The summed E-state index contributed by atoms with van der Waals surface area (Å²) in [5.41, 5.74) is 1.74. The highest BCUT2D eigenvalue weighted by molar-refractivity contribution is 5.91. The molecule has 154 valence electrons. The number of nitrogens with one attached hydrogen (secondary N) is 1. The van der Waals surface area contributed by atoms with Crippen molar-refractivity contribution in [2.24, 2.45) is 0 Å². The third-order valence-electron chi connectivity index (χ3n) is 4.13. The Morgan fingerprint density at radius 1 is 0.833 bits per heavy atom. The summed E-state index contributed by atoms with van der Waals surface area (Å²) >= 11 is 0. The third kappa shape index (κ3) is 6.41. The molecule has 0 aliphatic carbocycles. The molecule has 1 N–H and O–H groups in total. The van der Waals surface area contributed by atoms with Crippen LogP contribution in [0.5, 0.6) is 5.75 Å². The highest BCUT2D eigenvalue weighted by atomic mass is 19.1. The van der Waals surface area contributed by atoms with Gasteiger partial charge in [0.15, 0.2) is 6.61 Å². The van der Waals surface area contributed by atoms with Gasteiger partial charge in [0.05, 0.1) is 5.56 Å². The van der Waals surface area contributed by atoms with E-state index >= 15 is 0 Å². The van der Waals surface area contributed by atoms with Crippen LogP contribution < -0.4 is 10.1 Å². The Kier molecular flexibility index (Phi) is 7.10. The van der Waals surface area contributed by atoms with Crippen molar-refractivity contribution in [3.8, 4) is 5.75 Å². The van der Waals surface area contributed by atoms with Crippen LogP contribution in [-0.4, -0.2) is 18.5 Å². The number of carbonyl (C=O) groups excluding carboxylic acids is 2. The van der Waals surface area contributed by atoms with Gasteiger partial charge in [0, 0.05) is 6.54 Å². The van der Waals surface area contributed by atoms with Gasteiger partial charge in [-0.15, -0.1) is 0 Å². The predicted octanol–water partition coefficient (Wildman–Crippen LogP) is 4.02. The van der Waals surface area contributed by atoms with Crippen molar-refractivity contribution >= 4 is 11.9 Å². The molecule has 3 aromatic rings. The Bertz CT molecular complexity index is 1000. The van der Waals surface area contributed by atoms with Crippen molar-refractivity contribution in [3.05, 3.63) is 101 Å². The Morgan fingerprint density at radius 3 is 2.13 bits per heavy atom. The lowest BCUT2D eigenvalue weighted by molar-refractivity contribution is -0.124. The summed E-state index contributed by atoms with van der Waals surface area (Å²) in [5, 5.41) is 2.59. The van der Waals surface area contributed by atoms with E-state index in [1.807, 2.05) is 0 Å². The average Bonchev–Trinajstić information content (AvgIpc) is 2.77. The van der Waals surface area contributed by atoms with Crippen LogP contribution >= 0.6 is 0 Å². The molecule has 0 aromatic heterocycles. The van der Waals surface area contributed by atoms with E-state index in [2.05, 4.69) is 5.32 Å². The molecule has 1 amide bonds. The van der Waals surface area contributed by atoms with Crippen molar-refractivity contribution < 1.29 is 27.8 Å². The molecule has 0 heterocycles. The molecule has 5 nitrogen and oxygen atoms in total. The van der Waals surface area contributed by atoms with Crippen LogP contribution in [0, 0.1) is 11.6 Å². The number of carbonyl (C=O) groups is 2. The van der Waals surface area contributed by atoms with Crippen molar-refractivity contribution in [2.75, 3.05) is 6.61 Å². The second-order valence-corrected chi connectivity index (χ2v) is 6.42. The quantitative estimate of drug-likeness (QED) is 0.569. The van der Waals surface area contributed by atoms with Crippen molar-refractivity contribution in [2.45, 2.75) is 13.2 Å². The number of amides is 1. The molecule has 0 radical (unpaired) electrons. The van der Waals surface area contributed by atoms with Crippen LogP contribution in [0.1, 0.15) is 21.5 Å². The van der Waals surface area contributed by atoms with E-state index in [1.54, 1.807) is 42.5 Å². The van der Waals surface area contributed by atoms with Crippen LogP contribution in [0.15, 0.2) is 72.8 Å². The van der Waals surface area contributed by atoms with E-state index in [4.69, 9.17) is 9.47 Å². The first kappa shape index (κ1) is 21.0. The van der Waals surface area contributed by atoms with Gasteiger partial charge in [-0.3, -0.25) is 4.79 Å².